The number of fused-ring (bicyclic) bond motifs is 1. The summed E-state index contributed by atoms with van der Waals surface area (Å²) in [5, 5.41) is 10.9. The normalized spacial score (nSPS) is 11.1. The van der Waals surface area contributed by atoms with Crippen LogP contribution < -0.4 is 5.73 Å². The quantitative estimate of drug-likeness (QED) is 0.578. The molecule has 0 amide bonds. The zero-order valence-electron chi connectivity index (χ0n) is 13.2. The van der Waals surface area contributed by atoms with Crippen molar-refractivity contribution in [2.75, 3.05) is 6.54 Å². The number of nitrogens with one attached hydrogen (secondary N) is 1. The molecule has 0 atom stereocenters. The van der Waals surface area contributed by atoms with Crippen LogP contribution in [-0.2, 0) is 6.42 Å². The Hall–Kier alpha value is -2.30. The number of aromatic carboxylic acids is 1. The summed E-state index contributed by atoms with van der Waals surface area (Å²) in [5.41, 5.74) is 10.0. The molecule has 0 saturated heterocycles. The summed E-state index contributed by atoms with van der Waals surface area (Å²) in [4.78, 5) is 14.7. The number of rotatable bonds is 6. The third-order valence-electron chi connectivity index (χ3n) is 4.17. The standard InChI is InChI=1S/C19H19ClN2O2/c20-14-7-4-12(5-8-14)18-15(3-1-2-10-21)16-11-13(19(23)24)6-9-17(16)22-18/h4-9,11,22H,1-3,10,21H2,(H,23,24). The van der Waals surface area contributed by atoms with Gasteiger partial charge >= 0.3 is 5.97 Å². The topological polar surface area (TPSA) is 79.1 Å². The molecule has 0 unspecified atom stereocenters. The van der Waals surface area contributed by atoms with Crippen LogP contribution in [0.1, 0.15) is 28.8 Å². The van der Waals surface area contributed by atoms with Crippen molar-refractivity contribution in [1.82, 2.24) is 4.98 Å². The molecule has 1 heterocycles. The van der Waals surface area contributed by atoms with Crippen LogP contribution in [0.15, 0.2) is 42.5 Å². The number of aromatic amines is 1. The van der Waals surface area contributed by atoms with E-state index in [2.05, 4.69) is 4.98 Å². The van der Waals surface area contributed by atoms with E-state index in [9.17, 15) is 9.90 Å². The van der Waals surface area contributed by atoms with Gasteiger partial charge in [-0.15, -0.1) is 0 Å². The molecule has 0 bridgehead atoms. The van der Waals surface area contributed by atoms with E-state index in [-0.39, 0.29) is 0 Å². The summed E-state index contributed by atoms with van der Waals surface area (Å²) in [5.74, 6) is -0.918. The van der Waals surface area contributed by atoms with E-state index in [1.54, 1.807) is 12.1 Å². The van der Waals surface area contributed by atoms with Crippen molar-refractivity contribution in [1.29, 1.82) is 0 Å². The highest BCUT2D eigenvalue weighted by molar-refractivity contribution is 6.30. The van der Waals surface area contributed by atoms with Crippen molar-refractivity contribution >= 4 is 28.5 Å². The van der Waals surface area contributed by atoms with E-state index in [1.165, 1.54) is 0 Å². The molecule has 3 aromatic rings. The van der Waals surface area contributed by atoms with Gasteiger partial charge in [-0.3, -0.25) is 0 Å². The average Bonchev–Trinajstić information content (AvgIpc) is 2.94. The number of hydrogen-bond acceptors (Lipinski definition) is 2. The molecule has 3 rings (SSSR count). The zero-order chi connectivity index (χ0) is 17.1. The first-order valence-corrected chi connectivity index (χ1v) is 8.32. The molecular weight excluding hydrogens is 324 g/mol. The second kappa shape index (κ2) is 7.07. The Balaban J connectivity index is 2.13. The number of halogens is 1. The van der Waals surface area contributed by atoms with E-state index in [0.717, 1.165) is 47.0 Å². The number of hydrogen-bond donors (Lipinski definition) is 3. The molecule has 1 aromatic heterocycles. The Bertz CT molecular complexity index is 869. The first-order valence-electron chi connectivity index (χ1n) is 7.94. The minimum Gasteiger partial charge on any atom is -0.478 e. The highest BCUT2D eigenvalue weighted by Crippen LogP contribution is 2.32. The number of benzene rings is 2. The maximum atomic E-state index is 11.3. The minimum atomic E-state index is -0.918. The highest BCUT2D eigenvalue weighted by atomic mass is 35.5. The van der Waals surface area contributed by atoms with E-state index >= 15 is 0 Å². The molecule has 0 aliphatic carbocycles. The zero-order valence-corrected chi connectivity index (χ0v) is 13.9. The number of carboxylic acids is 1. The summed E-state index contributed by atoms with van der Waals surface area (Å²) >= 11 is 5.99. The van der Waals surface area contributed by atoms with E-state index in [4.69, 9.17) is 17.3 Å². The minimum absolute atomic E-state index is 0.296. The van der Waals surface area contributed by atoms with Gasteiger partial charge in [0.2, 0.25) is 0 Å². The lowest BCUT2D eigenvalue weighted by atomic mass is 9.99. The predicted octanol–water partition coefficient (Wildman–Crippen LogP) is 4.47. The van der Waals surface area contributed by atoms with Gasteiger partial charge in [0, 0.05) is 21.6 Å². The molecule has 0 radical (unpaired) electrons. The predicted molar refractivity (Wildman–Crippen MR) is 97.7 cm³/mol. The van der Waals surface area contributed by atoms with Crippen molar-refractivity contribution in [2.24, 2.45) is 5.73 Å². The number of unbranched alkanes of at least 4 members (excludes halogenated alkanes) is 1. The molecule has 2 aromatic carbocycles. The summed E-state index contributed by atoms with van der Waals surface area (Å²) in [7, 11) is 0. The number of H-pyrrole nitrogens is 1. The van der Waals surface area contributed by atoms with Crippen LogP contribution in [0.25, 0.3) is 22.2 Å². The van der Waals surface area contributed by atoms with E-state index < -0.39 is 5.97 Å². The number of carbonyl (C=O) groups is 1. The number of nitrogens with two attached hydrogens (primary N) is 1. The fourth-order valence-corrected chi connectivity index (χ4v) is 3.08. The van der Waals surface area contributed by atoms with Gasteiger partial charge in [-0.05, 0) is 67.3 Å². The van der Waals surface area contributed by atoms with Crippen LogP contribution in [0.5, 0.6) is 0 Å². The smallest absolute Gasteiger partial charge is 0.335 e. The average molecular weight is 343 g/mol. The Labute approximate surface area is 145 Å². The summed E-state index contributed by atoms with van der Waals surface area (Å²) in [6.07, 6.45) is 2.74. The molecule has 124 valence electrons. The Morgan fingerprint density at radius 3 is 2.54 bits per heavy atom. The molecule has 5 heteroatoms. The molecule has 0 spiro atoms. The van der Waals surface area contributed by atoms with Gasteiger partial charge in [-0.25, -0.2) is 4.79 Å². The van der Waals surface area contributed by atoms with Gasteiger partial charge in [0.05, 0.1) is 5.56 Å². The lowest BCUT2D eigenvalue weighted by Gasteiger charge is -2.06. The number of aryl methyl sites for hydroxylation is 1. The molecule has 0 aliphatic heterocycles. The van der Waals surface area contributed by atoms with Crippen molar-refractivity contribution in [3.63, 3.8) is 0 Å². The first-order chi connectivity index (χ1) is 11.6. The van der Waals surface area contributed by atoms with Crippen molar-refractivity contribution < 1.29 is 9.90 Å². The highest BCUT2D eigenvalue weighted by Gasteiger charge is 2.15. The fraction of sp³-hybridized carbons (Fsp3) is 0.211. The van der Waals surface area contributed by atoms with Gasteiger partial charge in [0.25, 0.3) is 0 Å². The van der Waals surface area contributed by atoms with Crippen molar-refractivity contribution in [3.05, 3.63) is 58.6 Å². The second-order valence-electron chi connectivity index (χ2n) is 5.80. The van der Waals surface area contributed by atoms with Crippen LogP contribution in [0.4, 0.5) is 0 Å². The Kier molecular flexibility index (Phi) is 4.88. The Morgan fingerprint density at radius 2 is 1.88 bits per heavy atom. The van der Waals surface area contributed by atoms with Crippen LogP contribution in [0.2, 0.25) is 5.02 Å². The summed E-state index contributed by atoms with van der Waals surface area (Å²) < 4.78 is 0. The molecule has 4 nitrogen and oxygen atoms in total. The monoisotopic (exact) mass is 342 g/mol. The molecule has 0 aliphatic rings. The number of aromatic nitrogens is 1. The van der Waals surface area contributed by atoms with Crippen molar-refractivity contribution in [3.8, 4) is 11.3 Å². The van der Waals surface area contributed by atoms with Crippen LogP contribution in [0.3, 0.4) is 0 Å². The maximum Gasteiger partial charge on any atom is 0.335 e. The maximum absolute atomic E-state index is 11.3. The molecule has 0 saturated carbocycles. The van der Waals surface area contributed by atoms with Gasteiger partial charge in [-0.2, -0.15) is 0 Å². The largest absolute Gasteiger partial charge is 0.478 e. The lowest BCUT2D eigenvalue weighted by molar-refractivity contribution is 0.0697. The SMILES string of the molecule is NCCCCc1c(-c2ccc(Cl)cc2)[nH]c2ccc(C(=O)O)cc12. The van der Waals surface area contributed by atoms with Gasteiger partial charge < -0.3 is 15.8 Å². The lowest BCUT2D eigenvalue weighted by Crippen LogP contribution is -1.99. The molecule has 0 fully saturated rings. The first kappa shape index (κ1) is 16.6. The summed E-state index contributed by atoms with van der Waals surface area (Å²) in [6.45, 7) is 0.652. The summed E-state index contributed by atoms with van der Waals surface area (Å²) in [6, 6.07) is 12.8. The fourth-order valence-electron chi connectivity index (χ4n) is 2.95. The van der Waals surface area contributed by atoms with Crippen molar-refractivity contribution in [2.45, 2.75) is 19.3 Å². The molecule has 24 heavy (non-hydrogen) atoms. The molecular formula is C19H19ClN2O2. The third kappa shape index (κ3) is 3.30. The Morgan fingerprint density at radius 1 is 1.12 bits per heavy atom. The second-order valence-corrected chi connectivity index (χ2v) is 6.23. The van der Waals surface area contributed by atoms with Gasteiger partial charge in [0.1, 0.15) is 0 Å². The van der Waals surface area contributed by atoms with Crippen LogP contribution >= 0.6 is 11.6 Å². The van der Waals surface area contributed by atoms with Gasteiger partial charge in [-0.1, -0.05) is 23.7 Å². The molecule has 4 N–H and O–H groups in total. The van der Waals surface area contributed by atoms with Crippen LogP contribution in [0, 0.1) is 0 Å². The number of carboxylic acid groups (broad SMARTS) is 1. The van der Waals surface area contributed by atoms with E-state index in [1.807, 2.05) is 30.3 Å². The third-order valence-corrected chi connectivity index (χ3v) is 4.42. The van der Waals surface area contributed by atoms with E-state index in [0.29, 0.717) is 17.1 Å². The van der Waals surface area contributed by atoms with Gasteiger partial charge in [0.15, 0.2) is 0 Å². The van der Waals surface area contributed by atoms with Crippen LogP contribution in [-0.4, -0.2) is 22.6 Å².